The van der Waals surface area contributed by atoms with Gasteiger partial charge in [0.25, 0.3) is 5.91 Å². The number of carbonyl (C=O) groups is 3. The van der Waals surface area contributed by atoms with Gasteiger partial charge < -0.3 is 20.5 Å². The molecule has 2 amide bonds. The first-order valence-electron chi connectivity index (χ1n) is 11.7. The zero-order valence-electron chi connectivity index (χ0n) is 19.3. The molecule has 0 saturated heterocycles. The lowest BCUT2D eigenvalue weighted by Gasteiger charge is -2.17. The number of carboxylic acids is 1. The molecule has 4 rings (SSSR count). The first-order valence-corrected chi connectivity index (χ1v) is 11.7. The average molecular weight is 473 g/mol. The number of hydrogen-bond donors (Lipinski definition) is 3. The Hall–Kier alpha value is -4.13. The first-order chi connectivity index (χ1) is 17.0. The van der Waals surface area contributed by atoms with E-state index in [1.165, 1.54) is 0 Å². The Kier molecular flexibility index (Phi) is 7.77. The van der Waals surface area contributed by atoms with Crippen LogP contribution in [0.2, 0.25) is 0 Å². The van der Waals surface area contributed by atoms with Gasteiger partial charge in [-0.05, 0) is 53.6 Å². The van der Waals surface area contributed by atoms with Crippen molar-refractivity contribution in [3.63, 3.8) is 0 Å². The molecule has 0 saturated carbocycles. The van der Waals surface area contributed by atoms with Gasteiger partial charge in [-0.25, -0.2) is 9.59 Å². The smallest absolute Gasteiger partial charge is 0.407 e. The molecule has 1 atom stereocenters. The Morgan fingerprint density at radius 2 is 1.43 bits per heavy atom. The number of aliphatic carboxylic acids is 1. The van der Waals surface area contributed by atoms with Gasteiger partial charge >= 0.3 is 12.1 Å². The molecule has 7 heteroatoms. The van der Waals surface area contributed by atoms with Gasteiger partial charge in [-0.15, -0.1) is 0 Å². The summed E-state index contributed by atoms with van der Waals surface area (Å²) in [5.74, 6) is -1.38. The number of nitrogens with one attached hydrogen (secondary N) is 2. The molecule has 0 fully saturated rings. The maximum atomic E-state index is 12.4. The van der Waals surface area contributed by atoms with Gasteiger partial charge in [0, 0.05) is 18.0 Å². The molecule has 35 heavy (non-hydrogen) atoms. The van der Waals surface area contributed by atoms with Crippen LogP contribution in [0.5, 0.6) is 0 Å². The fourth-order valence-corrected chi connectivity index (χ4v) is 4.41. The molecule has 7 nitrogen and oxygen atoms in total. The highest BCUT2D eigenvalue weighted by Crippen LogP contribution is 2.44. The van der Waals surface area contributed by atoms with Gasteiger partial charge in [0.15, 0.2) is 0 Å². The maximum Gasteiger partial charge on any atom is 0.407 e. The summed E-state index contributed by atoms with van der Waals surface area (Å²) in [6, 6.07) is 23.9. The molecule has 0 radical (unpaired) electrons. The molecule has 180 valence electrons. The number of alkyl carbamates (subject to hydrolysis) is 1. The van der Waals surface area contributed by atoms with Gasteiger partial charge in [0.1, 0.15) is 12.6 Å². The lowest BCUT2D eigenvalue weighted by atomic mass is 9.98. The van der Waals surface area contributed by atoms with Crippen molar-refractivity contribution in [2.24, 2.45) is 0 Å². The van der Waals surface area contributed by atoms with Crippen molar-refractivity contribution < 1.29 is 24.2 Å². The fraction of sp³-hybridized carbons (Fsp3) is 0.250. The van der Waals surface area contributed by atoms with Crippen LogP contribution in [0.15, 0.2) is 78.9 Å². The number of ether oxygens (including phenoxy) is 1. The first kappa shape index (κ1) is 24.0. The maximum absolute atomic E-state index is 12.4. The standard InChI is InChI=1S/C28H28N2O5/c31-26(19-10-2-1-3-11-19)29-17-9-8-16-25(27(32)33)30-28(34)35-18-24-22-14-6-4-12-20(22)21-13-5-7-15-23(21)24/h1-7,10-15,24-25H,8-9,16-18H2,(H,29,31)(H,30,34)(H,32,33). The summed E-state index contributed by atoms with van der Waals surface area (Å²) in [6.07, 6.45) is 0.599. The lowest BCUT2D eigenvalue weighted by Crippen LogP contribution is -2.41. The minimum Gasteiger partial charge on any atom is -0.480 e. The Labute approximate surface area is 204 Å². The van der Waals surface area contributed by atoms with Crippen LogP contribution in [0.4, 0.5) is 4.79 Å². The molecular formula is C28H28N2O5. The number of carbonyl (C=O) groups excluding carboxylic acids is 2. The molecule has 1 aliphatic rings. The van der Waals surface area contributed by atoms with E-state index in [-0.39, 0.29) is 24.9 Å². The largest absolute Gasteiger partial charge is 0.480 e. The van der Waals surface area contributed by atoms with E-state index in [0.717, 1.165) is 22.3 Å². The molecule has 0 heterocycles. The summed E-state index contributed by atoms with van der Waals surface area (Å²) in [7, 11) is 0. The number of hydrogen-bond acceptors (Lipinski definition) is 4. The Balaban J connectivity index is 1.24. The SMILES string of the molecule is O=C(NC(CCCCNC(=O)c1ccccc1)C(=O)O)OCC1c2ccccc2-c2ccccc21. The van der Waals surface area contributed by atoms with Crippen LogP contribution < -0.4 is 10.6 Å². The van der Waals surface area contributed by atoms with Crippen molar-refractivity contribution in [2.45, 2.75) is 31.2 Å². The van der Waals surface area contributed by atoms with Crippen molar-refractivity contribution >= 4 is 18.0 Å². The monoisotopic (exact) mass is 472 g/mol. The van der Waals surface area contributed by atoms with E-state index in [4.69, 9.17) is 4.74 Å². The van der Waals surface area contributed by atoms with E-state index in [1.807, 2.05) is 42.5 Å². The van der Waals surface area contributed by atoms with Crippen LogP contribution >= 0.6 is 0 Å². The van der Waals surface area contributed by atoms with Crippen molar-refractivity contribution in [1.29, 1.82) is 0 Å². The third-order valence-corrected chi connectivity index (χ3v) is 6.17. The molecule has 3 N–H and O–H groups in total. The number of amides is 2. The minimum absolute atomic E-state index is 0.0929. The molecule has 1 unspecified atom stereocenters. The molecule has 3 aromatic rings. The fourth-order valence-electron chi connectivity index (χ4n) is 4.41. The zero-order valence-corrected chi connectivity index (χ0v) is 19.3. The number of rotatable bonds is 10. The van der Waals surface area contributed by atoms with Gasteiger partial charge in [-0.1, -0.05) is 66.7 Å². The molecular weight excluding hydrogens is 444 g/mol. The quantitative estimate of drug-likeness (QED) is 0.375. The second kappa shape index (κ2) is 11.3. The van der Waals surface area contributed by atoms with Crippen molar-refractivity contribution in [2.75, 3.05) is 13.2 Å². The number of benzene rings is 3. The molecule has 0 bridgehead atoms. The highest BCUT2D eigenvalue weighted by Gasteiger charge is 2.29. The van der Waals surface area contributed by atoms with Crippen LogP contribution in [0, 0.1) is 0 Å². The normalized spacial score (nSPS) is 12.8. The molecule has 1 aliphatic carbocycles. The van der Waals surface area contributed by atoms with Crippen LogP contribution in [-0.4, -0.2) is 42.3 Å². The molecule has 0 aromatic heterocycles. The van der Waals surface area contributed by atoms with Gasteiger partial charge in [0.2, 0.25) is 0 Å². The molecule has 3 aromatic carbocycles. The summed E-state index contributed by atoms with van der Waals surface area (Å²) in [5.41, 5.74) is 5.01. The number of fused-ring (bicyclic) bond motifs is 3. The molecule has 0 spiro atoms. The second-order valence-electron chi connectivity index (χ2n) is 8.48. The summed E-state index contributed by atoms with van der Waals surface area (Å²) in [5, 5.41) is 14.8. The van der Waals surface area contributed by atoms with E-state index in [9.17, 15) is 19.5 Å². The third-order valence-electron chi connectivity index (χ3n) is 6.17. The van der Waals surface area contributed by atoms with Crippen LogP contribution in [0.25, 0.3) is 11.1 Å². The van der Waals surface area contributed by atoms with Crippen molar-refractivity contribution in [3.05, 3.63) is 95.6 Å². The predicted octanol–water partition coefficient (Wildman–Crippen LogP) is 4.58. The predicted molar refractivity (Wildman–Crippen MR) is 132 cm³/mol. The summed E-state index contributed by atoms with van der Waals surface area (Å²) < 4.78 is 5.46. The minimum atomic E-state index is -1.12. The van der Waals surface area contributed by atoms with E-state index < -0.39 is 18.1 Å². The Morgan fingerprint density at radius 1 is 0.829 bits per heavy atom. The number of unbranched alkanes of at least 4 members (excludes halogenated alkanes) is 1. The highest BCUT2D eigenvalue weighted by atomic mass is 16.5. The summed E-state index contributed by atoms with van der Waals surface area (Å²) in [4.78, 5) is 36.1. The highest BCUT2D eigenvalue weighted by molar-refractivity contribution is 5.94. The van der Waals surface area contributed by atoms with Crippen molar-refractivity contribution in [3.8, 4) is 11.1 Å². The number of carboxylic acid groups (broad SMARTS) is 1. The molecule has 0 aliphatic heterocycles. The average Bonchev–Trinajstić information content (AvgIpc) is 3.20. The van der Waals surface area contributed by atoms with Crippen molar-refractivity contribution in [1.82, 2.24) is 10.6 Å². The zero-order chi connectivity index (χ0) is 24.6. The lowest BCUT2D eigenvalue weighted by molar-refractivity contribution is -0.139. The Bertz CT molecular complexity index is 1150. The second-order valence-corrected chi connectivity index (χ2v) is 8.48. The van der Waals surface area contributed by atoms with Gasteiger partial charge in [-0.3, -0.25) is 4.79 Å². The van der Waals surface area contributed by atoms with E-state index >= 15 is 0 Å². The van der Waals surface area contributed by atoms with Crippen LogP contribution in [0.1, 0.15) is 46.7 Å². The topological polar surface area (TPSA) is 105 Å². The van der Waals surface area contributed by atoms with Crippen LogP contribution in [-0.2, 0) is 9.53 Å². The summed E-state index contributed by atoms with van der Waals surface area (Å²) >= 11 is 0. The van der Waals surface area contributed by atoms with Gasteiger partial charge in [-0.2, -0.15) is 0 Å². The van der Waals surface area contributed by atoms with E-state index in [0.29, 0.717) is 24.9 Å². The van der Waals surface area contributed by atoms with Gasteiger partial charge in [0.05, 0.1) is 0 Å². The van der Waals surface area contributed by atoms with E-state index in [2.05, 4.69) is 22.8 Å². The van der Waals surface area contributed by atoms with Crippen LogP contribution in [0.3, 0.4) is 0 Å². The summed E-state index contributed by atoms with van der Waals surface area (Å²) in [6.45, 7) is 0.544. The third kappa shape index (κ3) is 5.87. The Morgan fingerprint density at radius 3 is 2.06 bits per heavy atom. The van der Waals surface area contributed by atoms with E-state index in [1.54, 1.807) is 24.3 Å².